The van der Waals surface area contributed by atoms with E-state index in [1.54, 1.807) is 13.8 Å². The monoisotopic (exact) mass is 545 g/mol. The SMILES string of the molecule is CCOP(=O)(O)c1cc(F)ccc1CNC(=O)c1nc2n(c(=O)c1OCc1ccccc1)CCOC2(C)C. The number of halogens is 1. The lowest BCUT2D eigenvalue weighted by atomic mass is 10.1. The number of aromatic nitrogens is 2. The van der Waals surface area contributed by atoms with Gasteiger partial charge in [0.1, 0.15) is 23.8 Å². The van der Waals surface area contributed by atoms with Crippen LogP contribution < -0.4 is 20.9 Å². The molecular formula is C26H29FN3O7P. The third-order valence-corrected chi connectivity index (χ3v) is 7.61. The van der Waals surface area contributed by atoms with Crippen LogP contribution in [0.25, 0.3) is 0 Å². The first-order valence-electron chi connectivity index (χ1n) is 12.0. The van der Waals surface area contributed by atoms with Crippen molar-refractivity contribution in [2.75, 3.05) is 13.2 Å². The van der Waals surface area contributed by atoms with Crippen LogP contribution in [0, 0.1) is 5.82 Å². The molecule has 202 valence electrons. The fourth-order valence-electron chi connectivity index (χ4n) is 4.13. The van der Waals surface area contributed by atoms with E-state index in [-0.39, 0.29) is 54.4 Å². The third-order valence-electron chi connectivity index (χ3n) is 5.98. The van der Waals surface area contributed by atoms with E-state index in [0.717, 1.165) is 17.7 Å². The quantitative estimate of drug-likeness (QED) is 0.393. The molecule has 0 bridgehead atoms. The van der Waals surface area contributed by atoms with E-state index in [1.165, 1.54) is 17.6 Å². The fourth-order valence-corrected chi connectivity index (χ4v) is 5.42. The van der Waals surface area contributed by atoms with Crippen molar-refractivity contribution in [3.05, 3.63) is 87.3 Å². The summed E-state index contributed by atoms with van der Waals surface area (Å²) in [6.45, 7) is 5.26. The molecule has 0 fully saturated rings. The third kappa shape index (κ3) is 5.86. The Bertz CT molecular complexity index is 1440. The van der Waals surface area contributed by atoms with Crippen molar-refractivity contribution in [1.29, 1.82) is 0 Å². The standard InChI is InChI=1S/C26H29FN3O7P/c1-4-37-38(33,34)20-14-19(27)11-10-18(20)15-28-23(31)21-22(35-16-17-8-6-5-7-9-17)24(32)30-12-13-36-26(2,3)25(30)29-21/h5-11,14H,4,12-13,15-16H2,1-3H3,(H,28,31)(H,33,34). The minimum atomic E-state index is -4.34. The van der Waals surface area contributed by atoms with Crippen LogP contribution in [0.4, 0.5) is 4.39 Å². The van der Waals surface area contributed by atoms with E-state index >= 15 is 0 Å². The maximum Gasteiger partial charge on any atom is 0.359 e. The molecule has 0 saturated carbocycles. The zero-order chi connectivity index (χ0) is 27.5. The Labute approximate surface area is 218 Å². The maximum atomic E-state index is 13.9. The van der Waals surface area contributed by atoms with E-state index in [0.29, 0.717) is 6.61 Å². The molecule has 2 heterocycles. The van der Waals surface area contributed by atoms with Crippen LogP contribution in [-0.4, -0.2) is 33.6 Å². The molecule has 3 aromatic rings. The Kier molecular flexibility index (Phi) is 8.13. The fraction of sp³-hybridized carbons (Fsp3) is 0.346. The smallest absolute Gasteiger partial charge is 0.359 e. The first kappa shape index (κ1) is 27.7. The molecule has 4 rings (SSSR count). The number of benzene rings is 2. The molecule has 1 unspecified atom stereocenters. The molecule has 10 nitrogen and oxygen atoms in total. The predicted molar refractivity (Wildman–Crippen MR) is 137 cm³/mol. The van der Waals surface area contributed by atoms with E-state index in [4.69, 9.17) is 14.0 Å². The average molecular weight is 546 g/mol. The van der Waals surface area contributed by atoms with Crippen molar-refractivity contribution >= 4 is 18.8 Å². The highest BCUT2D eigenvalue weighted by atomic mass is 31.2. The minimum absolute atomic E-state index is 0.0292. The van der Waals surface area contributed by atoms with Crippen molar-refractivity contribution < 1.29 is 32.6 Å². The lowest BCUT2D eigenvalue weighted by Gasteiger charge is -2.32. The second kappa shape index (κ2) is 11.2. The van der Waals surface area contributed by atoms with Gasteiger partial charge in [-0.05, 0) is 44.0 Å². The number of nitrogens with zero attached hydrogens (tertiary/aromatic N) is 2. The van der Waals surface area contributed by atoms with Crippen molar-refractivity contribution in [3.63, 3.8) is 0 Å². The van der Waals surface area contributed by atoms with Crippen LogP contribution in [0.5, 0.6) is 5.75 Å². The highest BCUT2D eigenvalue weighted by Crippen LogP contribution is 2.41. The largest absolute Gasteiger partial charge is 0.481 e. The summed E-state index contributed by atoms with van der Waals surface area (Å²) in [6, 6.07) is 12.4. The van der Waals surface area contributed by atoms with E-state index in [1.807, 2.05) is 30.3 Å². The summed E-state index contributed by atoms with van der Waals surface area (Å²) in [6.07, 6.45) is 0. The molecule has 2 aromatic carbocycles. The van der Waals surface area contributed by atoms with Gasteiger partial charge in [0.2, 0.25) is 5.75 Å². The number of amides is 1. The van der Waals surface area contributed by atoms with E-state index < -0.39 is 30.5 Å². The Hall–Kier alpha value is -3.37. The van der Waals surface area contributed by atoms with Crippen LogP contribution in [0.3, 0.4) is 0 Å². The van der Waals surface area contributed by atoms with Crippen molar-refractivity contribution in [3.8, 4) is 5.75 Å². The molecule has 1 atom stereocenters. The Morgan fingerprint density at radius 3 is 2.71 bits per heavy atom. The van der Waals surface area contributed by atoms with Gasteiger partial charge in [0.15, 0.2) is 5.69 Å². The molecule has 0 saturated heterocycles. The molecule has 0 radical (unpaired) electrons. The van der Waals surface area contributed by atoms with E-state index in [2.05, 4.69) is 10.3 Å². The lowest BCUT2D eigenvalue weighted by molar-refractivity contribution is -0.0567. The maximum absolute atomic E-state index is 13.9. The van der Waals surface area contributed by atoms with Crippen molar-refractivity contribution in [2.24, 2.45) is 0 Å². The second-order valence-corrected chi connectivity index (χ2v) is 10.9. The van der Waals surface area contributed by atoms with Gasteiger partial charge in [0, 0.05) is 6.54 Å². The number of hydrogen-bond acceptors (Lipinski definition) is 7. The molecule has 38 heavy (non-hydrogen) atoms. The number of fused-ring (bicyclic) bond motifs is 1. The van der Waals surface area contributed by atoms with Gasteiger partial charge >= 0.3 is 7.60 Å². The van der Waals surface area contributed by atoms with Crippen LogP contribution in [-0.2, 0) is 39.1 Å². The molecule has 1 aliphatic rings. The average Bonchev–Trinajstić information content (AvgIpc) is 2.88. The van der Waals surface area contributed by atoms with Crippen LogP contribution in [0.15, 0.2) is 53.3 Å². The predicted octanol–water partition coefficient (Wildman–Crippen LogP) is 3.00. The molecule has 1 aliphatic heterocycles. The summed E-state index contributed by atoms with van der Waals surface area (Å²) in [7, 11) is -4.34. The summed E-state index contributed by atoms with van der Waals surface area (Å²) in [5.41, 5.74) is -0.753. The van der Waals surface area contributed by atoms with Gasteiger partial charge in [0.05, 0.1) is 25.1 Å². The highest BCUT2D eigenvalue weighted by Gasteiger charge is 2.35. The summed E-state index contributed by atoms with van der Waals surface area (Å²) >= 11 is 0. The van der Waals surface area contributed by atoms with Crippen molar-refractivity contribution in [1.82, 2.24) is 14.9 Å². The lowest BCUT2D eigenvalue weighted by Crippen LogP contribution is -2.43. The first-order valence-corrected chi connectivity index (χ1v) is 13.6. The molecule has 2 N–H and O–H groups in total. The summed E-state index contributed by atoms with van der Waals surface area (Å²) in [5, 5.41) is 2.34. The van der Waals surface area contributed by atoms with Gasteiger partial charge in [-0.2, -0.15) is 0 Å². The van der Waals surface area contributed by atoms with Gasteiger partial charge in [-0.3, -0.25) is 18.7 Å². The normalized spacial score (nSPS) is 15.8. The molecule has 1 aromatic heterocycles. The summed E-state index contributed by atoms with van der Waals surface area (Å²) in [5.74, 6) is -1.44. The molecule has 0 aliphatic carbocycles. The molecule has 1 amide bonds. The van der Waals surface area contributed by atoms with Gasteiger partial charge < -0.3 is 24.2 Å². The van der Waals surface area contributed by atoms with E-state index in [9.17, 15) is 23.4 Å². The number of hydrogen-bond donors (Lipinski definition) is 2. The number of rotatable bonds is 9. The zero-order valence-electron chi connectivity index (χ0n) is 21.3. The van der Waals surface area contributed by atoms with Gasteiger partial charge in [-0.1, -0.05) is 36.4 Å². The van der Waals surface area contributed by atoms with Crippen LogP contribution in [0.2, 0.25) is 0 Å². The van der Waals surface area contributed by atoms with Crippen LogP contribution >= 0.6 is 7.60 Å². The van der Waals surface area contributed by atoms with Crippen LogP contribution in [0.1, 0.15) is 48.2 Å². The Morgan fingerprint density at radius 2 is 2.00 bits per heavy atom. The molecule has 12 heteroatoms. The number of carbonyl (C=O) groups is 1. The highest BCUT2D eigenvalue weighted by molar-refractivity contribution is 7.61. The topological polar surface area (TPSA) is 129 Å². The number of ether oxygens (including phenoxy) is 2. The number of nitrogens with one attached hydrogen (secondary N) is 1. The second-order valence-electron chi connectivity index (χ2n) is 9.10. The van der Waals surface area contributed by atoms with Crippen molar-refractivity contribution in [2.45, 2.75) is 46.1 Å². The van der Waals surface area contributed by atoms with Gasteiger partial charge in [-0.15, -0.1) is 0 Å². The first-order chi connectivity index (χ1) is 18.0. The summed E-state index contributed by atoms with van der Waals surface area (Å²) in [4.78, 5) is 41.6. The van der Waals surface area contributed by atoms with Gasteiger partial charge in [-0.25, -0.2) is 9.37 Å². The minimum Gasteiger partial charge on any atom is -0.481 e. The molecular weight excluding hydrogens is 516 g/mol. The Morgan fingerprint density at radius 1 is 1.26 bits per heavy atom. The Balaban J connectivity index is 1.69. The zero-order valence-corrected chi connectivity index (χ0v) is 22.2. The summed E-state index contributed by atoms with van der Waals surface area (Å²) < 4.78 is 44.5. The number of carbonyl (C=O) groups excluding carboxylic acids is 1. The molecule has 0 spiro atoms. The van der Waals surface area contributed by atoms with Gasteiger partial charge in [0.25, 0.3) is 11.5 Å².